The molecule has 3 heterocycles. The maximum Gasteiger partial charge on any atom is 0.323 e. The summed E-state index contributed by atoms with van der Waals surface area (Å²) >= 11 is 0. The molecule has 136 valence electrons. The van der Waals surface area contributed by atoms with Crippen LogP contribution in [0.3, 0.4) is 0 Å². The lowest BCUT2D eigenvalue weighted by molar-refractivity contribution is 0.215. The van der Waals surface area contributed by atoms with Crippen LogP contribution >= 0.6 is 0 Å². The standard InChI is InChI=1S/C18H21FN6O/c19-14-3-1-8-20-17(14)24-9-2-10-25(12-11-24)18(26)21-16-7-6-15(22-23-16)13-4-5-13/h1,3,6-8,13H,2,4-5,9-12H2,(H,21,23,26). The molecule has 0 radical (unpaired) electrons. The summed E-state index contributed by atoms with van der Waals surface area (Å²) in [6, 6.07) is 6.50. The molecule has 0 atom stereocenters. The minimum atomic E-state index is -0.337. The van der Waals surface area contributed by atoms with Crippen LogP contribution in [0.1, 0.15) is 30.9 Å². The highest BCUT2D eigenvalue weighted by molar-refractivity contribution is 5.88. The normalized spacial score (nSPS) is 17.7. The summed E-state index contributed by atoms with van der Waals surface area (Å²) in [4.78, 5) is 20.2. The second-order valence-electron chi connectivity index (χ2n) is 6.68. The van der Waals surface area contributed by atoms with Gasteiger partial charge in [0.25, 0.3) is 0 Å². The van der Waals surface area contributed by atoms with Gasteiger partial charge in [0.1, 0.15) is 0 Å². The number of nitrogens with zero attached hydrogens (tertiary/aromatic N) is 5. The summed E-state index contributed by atoms with van der Waals surface area (Å²) in [6.07, 6.45) is 4.66. The molecular weight excluding hydrogens is 335 g/mol. The first-order valence-electron chi connectivity index (χ1n) is 8.96. The molecule has 1 N–H and O–H groups in total. The fourth-order valence-electron chi connectivity index (χ4n) is 3.14. The van der Waals surface area contributed by atoms with Gasteiger partial charge in [-0.15, -0.1) is 5.10 Å². The van der Waals surface area contributed by atoms with Crippen LogP contribution in [0.15, 0.2) is 30.5 Å². The van der Waals surface area contributed by atoms with Gasteiger partial charge in [-0.05, 0) is 43.5 Å². The zero-order chi connectivity index (χ0) is 17.9. The van der Waals surface area contributed by atoms with Crippen molar-refractivity contribution in [2.75, 3.05) is 36.4 Å². The Morgan fingerprint density at radius 1 is 1.12 bits per heavy atom. The molecule has 0 bridgehead atoms. The van der Waals surface area contributed by atoms with Gasteiger partial charge in [0.15, 0.2) is 17.5 Å². The Balaban J connectivity index is 1.35. The minimum Gasteiger partial charge on any atom is -0.352 e. The van der Waals surface area contributed by atoms with Gasteiger partial charge in [-0.2, -0.15) is 5.10 Å². The van der Waals surface area contributed by atoms with Crippen molar-refractivity contribution in [1.82, 2.24) is 20.1 Å². The number of carbonyl (C=O) groups excluding carboxylic acids is 1. The molecule has 8 heteroatoms. The zero-order valence-corrected chi connectivity index (χ0v) is 14.4. The summed E-state index contributed by atoms with van der Waals surface area (Å²) in [5, 5.41) is 11.1. The topological polar surface area (TPSA) is 74.2 Å². The molecule has 0 aromatic carbocycles. The van der Waals surface area contributed by atoms with Gasteiger partial charge in [0.2, 0.25) is 0 Å². The van der Waals surface area contributed by atoms with E-state index >= 15 is 0 Å². The van der Waals surface area contributed by atoms with Crippen molar-refractivity contribution >= 4 is 17.7 Å². The van der Waals surface area contributed by atoms with E-state index in [2.05, 4.69) is 20.5 Å². The summed E-state index contributed by atoms with van der Waals surface area (Å²) in [5.41, 5.74) is 0.991. The third-order valence-electron chi connectivity index (χ3n) is 4.74. The Bertz CT molecular complexity index is 780. The SMILES string of the molecule is O=C(Nc1ccc(C2CC2)nn1)N1CCCN(c2ncccc2F)CC1. The summed E-state index contributed by atoms with van der Waals surface area (Å²) < 4.78 is 13.9. The molecule has 0 unspecified atom stereocenters. The molecule has 26 heavy (non-hydrogen) atoms. The Hall–Kier alpha value is -2.77. The molecule has 1 saturated carbocycles. The van der Waals surface area contributed by atoms with Crippen LogP contribution in [0, 0.1) is 5.82 Å². The van der Waals surface area contributed by atoms with E-state index in [9.17, 15) is 9.18 Å². The number of rotatable bonds is 3. The Morgan fingerprint density at radius 2 is 2.00 bits per heavy atom. The van der Waals surface area contributed by atoms with Crippen LogP contribution < -0.4 is 10.2 Å². The van der Waals surface area contributed by atoms with E-state index in [-0.39, 0.29) is 11.8 Å². The molecule has 4 rings (SSSR count). The number of nitrogens with one attached hydrogen (secondary N) is 1. The number of amides is 2. The molecule has 2 aliphatic rings. The summed E-state index contributed by atoms with van der Waals surface area (Å²) in [6.45, 7) is 2.29. The number of halogens is 1. The highest BCUT2D eigenvalue weighted by Gasteiger charge is 2.25. The third kappa shape index (κ3) is 3.74. The van der Waals surface area contributed by atoms with Gasteiger partial charge in [0.05, 0.1) is 5.69 Å². The minimum absolute atomic E-state index is 0.207. The maximum absolute atomic E-state index is 13.9. The predicted molar refractivity (Wildman–Crippen MR) is 95.6 cm³/mol. The molecular formula is C18H21FN6O. The highest BCUT2D eigenvalue weighted by Crippen LogP contribution is 2.38. The molecule has 7 nitrogen and oxygen atoms in total. The van der Waals surface area contributed by atoms with Crippen LogP contribution in [0.5, 0.6) is 0 Å². The molecule has 1 aliphatic heterocycles. The van der Waals surface area contributed by atoms with Gasteiger partial charge in [-0.1, -0.05) is 0 Å². The van der Waals surface area contributed by atoms with E-state index in [1.807, 2.05) is 11.0 Å². The first-order valence-corrected chi connectivity index (χ1v) is 8.96. The van der Waals surface area contributed by atoms with Crippen molar-refractivity contribution in [2.45, 2.75) is 25.2 Å². The van der Waals surface area contributed by atoms with Crippen LogP contribution in [0.25, 0.3) is 0 Å². The summed E-state index contributed by atoms with van der Waals surface area (Å²) in [5.74, 6) is 1.000. The third-order valence-corrected chi connectivity index (χ3v) is 4.74. The van der Waals surface area contributed by atoms with Crippen LogP contribution in [0.4, 0.5) is 20.8 Å². The van der Waals surface area contributed by atoms with Gasteiger partial charge >= 0.3 is 6.03 Å². The second kappa shape index (κ2) is 7.23. The van der Waals surface area contributed by atoms with Crippen molar-refractivity contribution < 1.29 is 9.18 Å². The first kappa shape index (κ1) is 16.7. The van der Waals surface area contributed by atoms with Crippen LogP contribution in [-0.4, -0.2) is 52.3 Å². The Morgan fingerprint density at radius 3 is 2.73 bits per heavy atom. The molecule has 1 aliphatic carbocycles. The second-order valence-corrected chi connectivity index (χ2v) is 6.68. The largest absolute Gasteiger partial charge is 0.352 e. The number of pyridine rings is 1. The molecule has 2 aromatic rings. The van der Waals surface area contributed by atoms with E-state index in [0.717, 1.165) is 12.1 Å². The van der Waals surface area contributed by atoms with Gasteiger partial charge in [-0.3, -0.25) is 5.32 Å². The smallest absolute Gasteiger partial charge is 0.323 e. The Kier molecular flexibility index (Phi) is 4.64. The fourth-order valence-corrected chi connectivity index (χ4v) is 3.14. The lowest BCUT2D eigenvalue weighted by Crippen LogP contribution is -2.38. The zero-order valence-electron chi connectivity index (χ0n) is 14.4. The van der Waals surface area contributed by atoms with Crippen LogP contribution in [-0.2, 0) is 0 Å². The van der Waals surface area contributed by atoms with E-state index in [0.29, 0.717) is 43.7 Å². The number of aromatic nitrogens is 3. The number of hydrogen-bond acceptors (Lipinski definition) is 5. The van der Waals surface area contributed by atoms with Crippen molar-refractivity contribution in [2.24, 2.45) is 0 Å². The molecule has 0 spiro atoms. The lowest BCUT2D eigenvalue weighted by atomic mass is 10.3. The Labute approximate surface area is 151 Å². The average Bonchev–Trinajstić information content (AvgIpc) is 3.50. The first-order chi connectivity index (χ1) is 12.7. The number of carbonyl (C=O) groups is 1. The van der Waals surface area contributed by atoms with E-state index in [1.165, 1.54) is 18.9 Å². The van der Waals surface area contributed by atoms with Gasteiger partial charge in [-0.25, -0.2) is 14.2 Å². The van der Waals surface area contributed by atoms with E-state index in [4.69, 9.17) is 0 Å². The quantitative estimate of drug-likeness (QED) is 0.915. The van der Waals surface area contributed by atoms with Crippen molar-refractivity contribution in [1.29, 1.82) is 0 Å². The fraction of sp³-hybridized carbons (Fsp3) is 0.444. The molecule has 1 saturated heterocycles. The molecule has 2 amide bonds. The van der Waals surface area contributed by atoms with Crippen LogP contribution in [0.2, 0.25) is 0 Å². The van der Waals surface area contributed by atoms with Crippen molar-refractivity contribution in [3.05, 3.63) is 42.0 Å². The molecule has 2 aromatic heterocycles. The number of urea groups is 1. The highest BCUT2D eigenvalue weighted by atomic mass is 19.1. The van der Waals surface area contributed by atoms with Crippen molar-refractivity contribution in [3.8, 4) is 0 Å². The van der Waals surface area contributed by atoms with E-state index in [1.54, 1.807) is 23.2 Å². The predicted octanol–water partition coefficient (Wildman–Crippen LogP) is 2.63. The number of hydrogen-bond donors (Lipinski definition) is 1. The summed E-state index contributed by atoms with van der Waals surface area (Å²) in [7, 11) is 0. The monoisotopic (exact) mass is 356 g/mol. The van der Waals surface area contributed by atoms with E-state index < -0.39 is 0 Å². The average molecular weight is 356 g/mol. The lowest BCUT2D eigenvalue weighted by Gasteiger charge is -2.23. The van der Waals surface area contributed by atoms with Gasteiger partial charge in [0, 0.05) is 38.3 Å². The maximum atomic E-state index is 13.9. The number of anilines is 2. The molecule has 2 fully saturated rings. The van der Waals surface area contributed by atoms with Crippen molar-refractivity contribution in [3.63, 3.8) is 0 Å². The van der Waals surface area contributed by atoms with Gasteiger partial charge < -0.3 is 9.80 Å².